The van der Waals surface area contributed by atoms with Gasteiger partial charge in [0, 0.05) is 31.4 Å². The van der Waals surface area contributed by atoms with E-state index in [9.17, 15) is 4.79 Å². The van der Waals surface area contributed by atoms with Crippen molar-refractivity contribution in [1.29, 1.82) is 0 Å². The average Bonchev–Trinajstić information content (AvgIpc) is 2.68. The molecule has 1 aromatic rings. The van der Waals surface area contributed by atoms with Crippen LogP contribution in [0.4, 0.5) is 0 Å². The van der Waals surface area contributed by atoms with Gasteiger partial charge in [0.1, 0.15) is 5.78 Å². The standard InChI is InChI=1S/C12H16N2O/c1-10(15)12-4-6-14(9-12)8-11-3-2-5-13-7-11/h2-3,5,7,12H,4,6,8-9H2,1H3/t12-/m0/s1. The predicted molar refractivity (Wildman–Crippen MR) is 58.3 cm³/mol. The van der Waals surface area contributed by atoms with E-state index in [4.69, 9.17) is 0 Å². The molecular formula is C12H16N2O. The van der Waals surface area contributed by atoms with E-state index in [2.05, 4.69) is 16.0 Å². The molecule has 15 heavy (non-hydrogen) atoms. The van der Waals surface area contributed by atoms with Crippen molar-refractivity contribution < 1.29 is 4.79 Å². The minimum atomic E-state index is 0.252. The van der Waals surface area contributed by atoms with Gasteiger partial charge in [-0.15, -0.1) is 0 Å². The highest BCUT2D eigenvalue weighted by Crippen LogP contribution is 2.18. The quantitative estimate of drug-likeness (QED) is 0.748. The predicted octanol–water partition coefficient (Wildman–Crippen LogP) is 1.49. The molecular weight excluding hydrogens is 188 g/mol. The number of hydrogen-bond acceptors (Lipinski definition) is 3. The maximum atomic E-state index is 11.2. The van der Waals surface area contributed by atoms with Crippen LogP contribution in [0.3, 0.4) is 0 Å². The second-order valence-corrected chi connectivity index (χ2v) is 4.19. The Morgan fingerprint density at radius 1 is 1.67 bits per heavy atom. The van der Waals surface area contributed by atoms with Crippen LogP contribution in [0.5, 0.6) is 0 Å². The minimum absolute atomic E-state index is 0.252. The van der Waals surface area contributed by atoms with Crippen LogP contribution in [-0.4, -0.2) is 28.8 Å². The fraction of sp³-hybridized carbons (Fsp3) is 0.500. The lowest BCUT2D eigenvalue weighted by Crippen LogP contribution is -2.22. The number of Topliss-reactive ketones (excluding diaryl/α,β-unsaturated/α-hetero) is 1. The molecule has 3 heteroatoms. The summed E-state index contributed by atoms with van der Waals surface area (Å²) in [6.45, 7) is 4.54. The Kier molecular flexibility index (Phi) is 3.11. The van der Waals surface area contributed by atoms with Crippen LogP contribution in [0.1, 0.15) is 18.9 Å². The number of carbonyl (C=O) groups excluding carboxylic acids is 1. The first-order chi connectivity index (χ1) is 7.25. The number of rotatable bonds is 3. The molecule has 1 atom stereocenters. The Morgan fingerprint density at radius 2 is 2.53 bits per heavy atom. The summed E-state index contributed by atoms with van der Waals surface area (Å²) in [7, 11) is 0. The Bertz CT molecular complexity index is 337. The van der Waals surface area contributed by atoms with Crippen molar-refractivity contribution in [2.24, 2.45) is 5.92 Å². The van der Waals surface area contributed by atoms with E-state index in [1.54, 1.807) is 13.1 Å². The van der Waals surface area contributed by atoms with Gasteiger partial charge in [-0.05, 0) is 31.5 Å². The van der Waals surface area contributed by atoms with Crippen molar-refractivity contribution in [2.75, 3.05) is 13.1 Å². The van der Waals surface area contributed by atoms with Crippen LogP contribution in [-0.2, 0) is 11.3 Å². The molecule has 2 heterocycles. The zero-order valence-corrected chi connectivity index (χ0v) is 9.02. The van der Waals surface area contributed by atoms with E-state index in [-0.39, 0.29) is 5.92 Å². The first-order valence-electron chi connectivity index (χ1n) is 5.37. The van der Waals surface area contributed by atoms with Gasteiger partial charge in [0.25, 0.3) is 0 Å². The van der Waals surface area contributed by atoms with Gasteiger partial charge in [0.2, 0.25) is 0 Å². The van der Waals surface area contributed by atoms with E-state index in [1.807, 2.05) is 12.3 Å². The van der Waals surface area contributed by atoms with Crippen molar-refractivity contribution in [2.45, 2.75) is 19.9 Å². The Balaban J connectivity index is 1.90. The average molecular weight is 204 g/mol. The van der Waals surface area contributed by atoms with E-state index >= 15 is 0 Å². The van der Waals surface area contributed by atoms with Gasteiger partial charge in [0.05, 0.1) is 0 Å². The molecule has 0 N–H and O–H groups in total. The van der Waals surface area contributed by atoms with Crippen molar-refractivity contribution in [3.05, 3.63) is 30.1 Å². The zero-order valence-electron chi connectivity index (χ0n) is 9.02. The summed E-state index contributed by atoms with van der Waals surface area (Å²) in [5, 5.41) is 0. The van der Waals surface area contributed by atoms with Crippen molar-refractivity contribution in [3.8, 4) is 0 Å². The Hall–Kier alpha value is -1.22. The lowest BCUT2D eigenvalue weighted by atomic mass is 10.1. The maximum Gasteiger partial charge on any atom is 0.134 e. The highest BCUT2D eigenvalue weighted by molar-refractivity contribution is 5.78. The smallest absolute Gasteiger partial charge is 0.134 e. The first kappa shape index (κ1) is 10.3. The number of nitrogens with zero attached hydrogens (tertiary/aromatic N) is 2. The number of aromatic nitrogens is 1. The highest BCUT2D eigenvalue weighted by Gasteiger charge is 2.25. The minimum Gasteiger partial charge on any atom is -0.300 e. The molecule has 1 saturated heterocycles. The van der Waals surface area contributed by atoms with Crippen molar-refractivity contribution >= 4 is 5.78 Å². The summed E-state index contributed by atoms with van der Waals surface area (Å²) >= 11 is 0. The number of carbonyl (C=O) groups is 1. The third kappa shape index (κ3) is 2.63. The number of ketones is 1. The van der Waals surface area contributed by atoms with Crippen LogP contribution in [0.15, 0.2) is 24.5 Å². The number of hydrogen-bond donors (Lipinski definition) is 0. The highest BCUT2D eigenvalue weighted by atomic mass is 16.1. The molecule has 2 rings (SSSR count). The molecule has 1 fully saturated rings. The second-order valence-electron chi connectivity index (χ2n) is 4.19. The van der Waals surface area contributed by atoms with E-state index in [1.165, 1.54) is 5.56 Å². The van der Waals surface area contributed by atoms with Gasteiger partial charge in [0.15, 0.2) is 0 Å². The Morgan fingerprint density at radius 3 is 3.13 bits per heavy atom. The lowest BCUT2D eigenvalue weighted by molar-refractivity contribution is -0.120. The molecule has 1 aliphatic rings. The largest absolute Gasteiger partial charge is 0.300 e. The third-order valence-electron chi connectivity index (χ3n) is 2.98. The first-order valence-corrected chi connectivity index (χ1v) is 5.37. The van der Waals surface area contributed by atoms with Crippen LogP contribution in [0, 0.1) is 5.92 Å². The van der Waals surface area contributed by atoms with Crippen molar-refractivity contribution in [1.82, 2.24) is 9.88 Å². The van der Waals surface area contributed by atoms with Gasteiger partial charge in [-0.25, -0.2) is 0 Å². The topological polar surface area (TPSA) is 33.2 Å². The second kappa shape index (κ2) is 4.53. The normalized spacial score (nSPS) is 21.8. The molecule has 1 aromatic heterocycles. The summed E-state index contributed by atoms with van der Waals surface area (Å²) in [5.74, 6) is 0.574. The van der Waals surface area contributed by atoms with E-state index in [0.29, 0.717) is 5.78 Å². The molecule has 1 aliphatic heterocycles. The molecule has 0 aliphatic carbocycles. The van der Waals surface area contributed by atoms with Crippen LogP contribution in [0.25, 0.3) is 0 Å². The van der Waals surface area contributed by atoms with Gasteiger partial charge in [-0.3, -0.25) is 14.7 Å². The summed E-state index contributed by atoms with van der Waals surface area (Å²) in [5.41, 5.74) is 1.22. The molecule has 0 spiro atoms. The molecule has 80 valence electrons. The molecule has 3 nitrogen and oxygen atoms in total. The fourth-order valence-corrected chi connectivity index (χ4v) is 2.06. The van der Waals surface area contributed by atoms with Crippen LogP contribution >= 0.6 is 0 Å². The van der Waals surface area contributed by atoms with E-state index < -0.39 is 0 Å². The van der Waals surface area contributed by atoms with Crippen LogP contribution < -0.4 is 0 Å². The van der Waals surface area contributed by atoms with E-state index in [0.717, 1.165) is 26.1 Å². The molecule has 0 amide bonds. The fourth-order valence-electron chi connectivity index (χ4n) is 2.06. The van der Waals surface area contributed by atoms with Gasteiger partial charge in [-0.1, -0.05) is 6.07 Å². The summed E-state index contributed by atoms with van der Waals surface area (Å²) in [6.07, 6.45) is 4.68. The molecule has 0 aromatic carbocycles. The number of pyridine rings is 1. The Labute approximate surface area is 90.1 Å². The third-order valence-corrected chi connectivity index (χ3v) is 2.98. The summed E-state index contributed by atoms with van der Waals surface area (Å²) in [4.78, 5) is 17.6. The molecule has 0 bridgehead atoms. The maximum absolute atomic E-state index is 11.2. The summed E-state index contributed by atoms with van der Waals surface area (Å²) < 4.78 is 0. The lowest BCUT2D eigenvalue weighted by Gasteiger charge is -2.14. The SMILES string of the molecule is CC(=O)[C@H]1CCN(Cc2cccnc2)C1. The molecule has 0 saturated carbocycles. The molecule has 0 unspecified atom stereocenters. The van der Waals surface area contributed by atoms with Crippen molar-refractivity contribution in [3.63, 3.8) is 0 Å². The zero-order chi connectivity index (χ0) is 10.7. The monoisotopic (exact) mass is 204 g/mol. The number of likely N-dealkylation sites (tertiary alicyclic amines) is 1. The van der Waals surface area contributed by atoms with Gasteiger partial charge in [-0.2, -0.15) is 0 Å². The molecule has 0 radical (unpaired) electrons. The van der Waals surface area contributed by atoms with Crippen LogP contribution in [0.2, 0.25) is 0 Å². The van der Waals surface area contributed by atoms with Gasteiger partial charge >= 0.3 is 0 Å². The summed E-state index contributed by atoms with van der Waals surface area (Å²) in [6, 6.07) is 4.03. The van der Waals surface area contributed by atoms with Gasteiger partial charge < -0.3 is 0 Å².